The molecule has 1 heterocycles. The van der Waals surface area contributed by atoms with Crippen LogP contribution in [0.2, 0.25) is 0 Å². The van der Waals surface area contributed by atoms with Gasteiger partial charge in [-0.3, -0.25) is 14.9 Å². The number of urea groups is 1. The van der Waals surface area contributed by atoms with Gasteiger partial charge in [0, 0.05) is 0 Å². The SMILES string of the molecule is Cc1cccc(N2C(=O)NC(=O)/C(=C/c3ccccc3C)C2=O)c1. The van der Waals surface area contributed by atoms with Gasteiger partial charge in [-0.2, -0.15) is 0 Å². The van der Waals surface area contributed by atoms with Crippen LogP contribution in [-0.2, 0) is 9.59 Å². The predicted molar refractivity (Wildman–Crippen MR) is 91.4 cm³/mol. The summed E-state index contributed by atoms with van der Waals surface area (Å²) >= 11 is 0. The van der Waals surface area contributed by atoms with Crippen molar-refractivity contribution >= 4 is 29.6 Å². The van der Waals surface area contributed by atoms with Gasteiger partial charge in [0.1, 0.15) is 5.57 Å². The Balaban J connectivity index is 2.05. The Morgan fingerprint density at radius 3 is 2.42 bits per heavy atom. The van der Waals surface area contributed by atoms with E-state index in [1.807, 2.05) is 44.2 Å². The average molecular weight is 320 g/mol. The molecular formula is C19H16N2O3. The number of barbiturate groups is 1. The van der Waals surface area contributed by atoms with Crippen molar-refractivity contribution in [2.75, 3.05) is 4.90 Å². The fourth-order valence-corrected chi connectivity index (χ4v) is 2.56. The number of aryl methyl sites for hydroxylation is 2. The molecule has 2 aromatic carbocycles. The normalized spacial score (nSPS) is 16.5. The van der Waals surface area contributed by atoms with Crippen molar-refractivity contribution in [3.8, 4) is 0 Å². The number of nitrogens with zero attached hydrogens (tertiary/aromatic N) is 1. The molecule has 0 bridgehead atoms. The van der Waals surface area contributed by atoms with Gasteiger partial charge in [0.25, 0.3) is 11.8 Å². The number of carbonyl (C=O) groups excluding carboxylic acids is 3. The van der Waals surface area contributed by atoms with E-state index in [9.17, 15) is 14.4 Å². The fourth-order valence-electron chi connectivity index (χ4n) is 2.56. The summed E-state index contributed by atoms with van der Waals surface area (Å²) in [5, 5.41) is 2.23. The summed E-state index contributed by atoms with van der Waals surface area (Å²) in [6.45, 7) is 3.76. The van der Waals surface area contributed by atoms with Crippen LogP contribution in [0.25, 0.3) is 6.08 Å². The zero-order chi connectivity index (χ0) is 17.3. The summed E-state index contributed by atoms with van der Waals surface area (Å²) < 4.78 is 0. The van der Waals surface area contributed by atoms with Crippen molar-refractivity contribution in [3.05, 3.63) is 70.8 Å². The molecule has 0 spiro atoms. The van der Waals surface area contributed by atoms with E-state index in [1.165, 1.54) is 6.08 Å². The number of anilines is 1. The molecule has 1 fully saturated rings. The maximum atomic E-state index is 12.7. The van der Waals surface area contributed by atoms with Crippen LogP contribution in [0, 0.1) is 13.8 Å². The van der Waals surface area contributed by atoms with Gasteiger partial charge in [0.05, 0.1) is 5.69 Å². The van der Waals surface area contributed by atoms with Crippen LogP contribution in [0.1, 0.15) is 16.7 Å². The molecule has 1 aliphatic heterocycles. The molecular weight excluding hydrogens is 304 g/mol. The van der Waals surface area contributed by atoms with E-state index >= 15 is 0 Å². The molecule has 2 aromatic rings. The van der Waals surface area contributed by atoms with Crippen LogP contribution in [0.3, 0.4) is 0 Å². The minimum absolute atomic E-state index is 0.0644. The topological polar surface area (TPSA) is 66.5 Å². The monoisotopic (exact) mass is 320 g/mol. The summed E-state index contributed by atoms with van der Waals surface area (Å²) in [7, 11) is 0. The van der Waals surface area contributed by atoms with Crippen LogP contribution in [-0.4, -0.2) is 17.8 Å². The Bertz CT molecular complexity index is 884. The first-order chi connectivity index (χ1) is 11.5. The second-order valence-electron chi connectivity index (χ2n) is 5.65. The Labute approximate surface area is 139 Å². The first kappa shape index (κ1) is 15.7. The van der Waals surface area contributed by atoms with Crippen molar-refractivity contribution in [1.29, 1.82) is 0 Å². The van der Waals surface area contributed by atoms with Crippen molar-refractivity contribution in [2.45, 2.75) is 13.8 Å². The lowest BCUT2D eigenvalue weighted by atomic mass is 10.0. The van der Waals surface area contributed by atoms with E-state index in [4.69, 9.17) is 0 Å². The highest BCUT2D eigenvalue weighted by Crippen LogP contribution is 2.23. The van der Waals surface area contributed by atoms with E-state index in [0.29, 0.717) is 5.69 Å². The minimum Gasteiger partial charge on any atom is -0.273 e. The molecule has 1 N–H and O–H groups in total. The second kappa shape index (κ2) is 6.12. The number of hydrogen-bond acceptors (Lipinski definition) is 3. The number of nitrogens with one attached hydrogen (secondary N) is 1. The van der Waals surface area contributed by atoms with Crippen LogP contribution in [0.4, 0.5) is 10.5 Å². The Morgan fingerprint density at radius 2 is 1.71 bits per heavy atom. The lowest BCUT2D eigenvalue weighted by molar-refractivity contribution is -0.122. The molecule has 24 heavy (non-hydrogen) atoms. The standard InChI is InChI=1S/C19H16N2O3/c1-12-6-5-9-15(10-12)21-18(23)16(17(22)20-19(21)24)11-14-8-4-3-7-13(14)2/h3-11H,1-2H3,(H,20,22,24)/b16-11-. The number of imide groups is 2. The largest absolute Gasteiger partial charge is 0.335 e. The molecule has 5 nitrogen and oxygen atoms in total. The van der Waals surface area contributed by atoms with Gasteiger partial charge in [-0.15, -0.1) is 0 Å². The second-order valence-corrected chi connectivity index (χ2v) is 5.65. The van der Waals surface area contributed by atoms with E-state index in [-0.39, 0.29) is 5.57 Å². The molecule has 0 aliphatic carbocycles. The highest BCUT2D eigenvalue weighted by atomic mass is 16.2. The lowest BCUT2D eigenvalue weighted by Crippen LogP contribution is -2.54. The van der Waals surface area contributed by atoms with Gasteiger partial charge >= 0.3 is 6.03 Å². The highest BCUT2D eigenvalue weighted by molar-refractivity contribution is 6.39. The highest BCUT2D eigenvalue weighted by Gasteiger charge is 2.36. The van der Waals surface area contributed by atoms with Gasteiger partial charge in [-0.05, 0) is 48.7 Å². The summed E-state index contributed by atoms with van der Waals surface area (Å²) in [5.74, 6) is -1.31. The molecule has 0 atom stereocenters. The van der Waals surface area contributed by atoms with Gasteiger partial charge < -0.3 is 0 Å². The van der Waals surface area contributed by atoms with E-state index in [2.05, 4.69) is 5.32 Å². The predicted octanol–water partition coefficient (Wildman–Crippen LogP) is 2.97. The van der Waals surface area contributed by atoms with Crippen molar-refractivity contribution in [1.82, 2.24) is 5.32 Å². The zero-order valence-corrected chi connectivity index (χ0v) is 13.4. The molecule has 3 rings (SSSR count). The van der Waals surface area contributed by atoms with Gasteiger partial charge in [0.15, 0.2) is 0 Å². The minimum atomic E-state index is -0.738. The number of carbonyl (C=O) groups is 3. The van der Waals surface area contributed by atoms with E-state index < -0.39 is 17.8 Å². The third kappa shape index (κ3) is 2.84. The average Bonchev–Trinajstić information content (AvgIpc) is 2.53. The molecule has 120 valence electrons. The molecule has 1 saturated heterocycles. The molecule has 4 amide bonds. The smallest absolute Gasteiger partial charge is 0.273 e. The van der Waals surface area contributed by atoms with Crippen LogP contribution >= 0.6 is 0 Å². The third-order valence-corrected chi connectivity index (χ3v) is 3.85. The quantitative estimate of drug-likeness (QED) is 0.683. The van der Waals surface area contributed by atoms with Crippen LogP contribution < -0.4 is 10.2 Å². The summed E-state index contributed by atoms with van der Waals surface area (Å²) in [4.78, 5) is 38.0. The summed E-state index contributed by atoms with van der Waals surface area (Å²) in [6, 6.07) is 13.7. The van der Waals surface area contributed by atoms with E-state index in [0.717, 1.165) is 21.6 Å². The maximum Gasteiger partial charge on any atom is 0.335 e. The Kier molecular flexibility index (Phi) is 4.00. The van der Waals surface area contributed by atoms with Gasteiger partial charge in [-0.25, -0.2) is 9.69 Å². The van der Waals surface area contributed by atoms with Crippen molar-refractivity contribution in [2.24, 2.45) is 0 Å². The number of hydrogen-bond donors (Lipinski definition) is 1. The van der Waals surface area contributed by atoms with Crippen LogP contribution in [0.5, 0.6) is 0 Å². The third-order valence-electron chi connectivity index (χ3n) is 3.85. The van der Waals surface area contributed by atoms with Gasteiger partial charge in [-0.1, -0.05) is 36.4 Å². The Morgan fingerprint density at radius 1 is 0.958 bits per heavy atom. The molecule has 0 unspecified atom stereocenters. The zero-order valence-electron chi connectivity index (χ0n) is 13.4. The fraction of sp³-hybridized carbons (Fsp3) is 0.105. The van der Waals surface area contributed by atoms with Crippen molar-refractivity contribution in [3.63, 3.8) is 0 Å². The summed E-state index contributed by atoms with van der Waals surface area (Å²) in [5.41, 5.74) is 2.97. The van der Waals surface area contributed by atoms with Gasteiger partial charge in [0.2, 0.25) is 0 Å². The summed E-state index contributed by atoms with van der Waals surface area (Å²) in [6.07, 6.45) is 1.52. The number of rotatable bonds is 2. The van der Waals surface area contributed by atoms with Crippen molar-refractivity contribution < 1.29 is 14.4 Å². The van der Waals surface area contributed by atoms with E-state index in [1.54, 1.807) is 18.2 Å². The number of amides is 4. The molecule has 0 saturated carbocycles. The molecule has 0 radical (unpaired) electrons. The molecule has 0 aromatic heterocycles. The first-order valence-corrected chi connectivity index (χ1v) is 7.51. The maximum absolute atomic E-state index is 12.7. The Hall–Kier alpha value is -3.21. The molecule has 1 aliphatic rings. The number of benzene rings is 2. The first-order valence-electron chi connectivity index (χ1n) is 7.51. The lowest BCUT2D eigenvalue weighted by Gasteiger charge is -2.26. The van der Waals surface area contributed by atoms with Crippen LogP contribution in [0.15, 0.2) is 54.1 Å². The molecule has 5 heteroatoms.